The second-order valence-corrected chi connectivity index (χ2v) is 36.5. The maximum atomic E-state index is 14.2. The van der Waals surface area contributed by atoms with Gasteiger partial charge in [0, 0.05) is 136 Å². The summed E-state index contributed by atoms with van der Waals surface area (Å²) in [5.41, 5.74) is 8.66. The molecule has 142 heavy (non-hydrogen) atoms. The summed E-state index contributed by atoms with van der Waals surface area (Å²) in [6, 6.07) is 41.6. The van der Waals surface area contributed by atoms with Crippen molar-refractivity contribution in [2.24, 2.45) is 17.8 Å². The van der Waals surface area contributed by atoms with E-state index < -0.39 is 75.8 Å². The van der Waals surface area contributed by atoms with Crippen LogP contribution in [-0.2, 0) is 76.0 Å². The van der Waals surface area contributed by atoms with Gasteiger partial charge in [0.1, 0.15) is 87.0 Å². The number of carboxylic acids is 1. The van der Waals surface area contributed by atoms with Gasteiger partial charge < -0.3 is 93.8 Å². The maximum Gasteiger partial charge on any atom is 1.00 e. The van der Waals surface area contributed by atoms with Crippen LogP contribution in [0, 0.1) is 17.8 Å². The van der Waals surface area contributed by atoms with Gasteiger partial charge in [-0.25, -0.2) is 0 Å². The molecule has 9 aromatic rings. The van der Waals surface area contributed by atoms with E-state index in [-0.39, 0.29) is 120 Å². The number of anilines is 6. The number of methoxy groups -OCH3 is 6. The number of fused-ring (bicyclic) bond motifs is 3. The molecule has 3 atom stereocenters. The zero-order valence-electron chi connectivity index (χ0n) is 80.7. The number of hydrogen-bond acceptors (Lipinski definition) is 22. The van der Waals surface area contributed by atoms with Crippen LogP contribution in [0.4, 0.5) is 73.6 Å². The molecule has 3 aliphatic carbocycles. The van der Waals surface area contributed by atoms with Crippen LogP contribution in [0.15, 0.2) is 164 Å². The Morgan fingerprint density at radius 1 is 0.430 bits per heavy atom. The molecule has 26 nitrogen and oxygen atoms in total. The van der Waals surface area contributed by atoms with Crippen LogP contribution in [0.2, 0.25) is 15.1 Å². The molecule has 3 heterocycles. The predicted molar refractivity (Wildman–Crippen MR) is 521 cm³/mol. The van der Waals surface area contributed by atoms with Crippen molar-refractivity contribution < 1.29 is 150 Å². The van der Waals surface area contributed by atoms with Crippen LogP contribution in [0.3, 0.4) is 0 Å². The standard InChI is InChI=1S/C32H32ClF3N2O6.C30H28ClF3N2O6.C18H14BrClF3NO2.C14H19NO4.C8H19N.Li.H2O/c1-4-43-31(40)20-11-24(12-20)44-25-15-22(14-23(16-25)41-2)37-29(18-5-7-21(33)8-6-18)30(39)38-10-9-19-13-28(42-3)26(17-27(19)38)32(34,35)36;1-40-21-12-20(13-23(14-21)42-22-9-18(10-22)29(38)39)35-27(16-3-5-19(31)6-4-16)28(37)36-8-7-17-11-26(41-2)24(15-25(17)36)30(32,33)34;1-26-15-8-11-6-7-24(14(11)9-13(15)18(21,22)23)17(25)16(19)10-2-4-12(20)5-3-10;1-3-18-14(16)9-4-12(5-9)19-13-7-10(15)6-11(8-13)17-2;1-6-9(7(2)3)8(4)5;;/h5-8,13-17,20,24,29,37H,4,9-12H2,1-3H3;3-6,11-15,18,22,27,35H,7-10H2,1-2H3,(H,38,39);2-5,8-9,16H,6-7H2,1H3;6-9,12H,3-5,15H2,1-2H3;7-8H,6H2,1-5H3;;1H2/q;;;;;+1;/p-1. The van der Waals surface area contributed by atoms with E-state index in [1.165, 1.54) is 68.4 Å². The van der Waals surface area contributed by atoms with Gasteiger partial charge in [-0.2, -0.15) is 39.5 Å². The molecule has 3 unspecified atom stereocenters. The number of aliphatic carboxylic acids is 1. The number of hydrogen-bond donors (Lipinski definition) is 4. The Hall–Kier alpha value is -11.4. The summed E-state index contributed by atoms with van der Waals surface area (Å²) in [6.45, 7) is 17.3. The summed E-state index contributed by atoms with van der Waals surface area (Å²) in [6.07, 6.45) is -9.97. The van der Waals surface area contributed by atoms with E-state index in [0.29, 0.717) is 190 Å². The number of carbonyl (C=O) groups is 6. The van der Waals surface area contributed by atoms with E-state index in [1.807, 2.05) is 6.92 Å². The molecule has 0 aromatic heterocycles. The van der Waals surface area contributed by atoms with E-state index in [0.717, 1.165) is 24.7 Å². The van der Waals surface area contributed by atoms with Crippen molar-refractivity contribution in [3.05, 3.63) is 229 Å². The van der Waals surface area contributed by atoms with Gasteiger partial charge in [-0.15, -0.1) is 0 Å². The Bertz CT molecular complexity index is 5820. The van der Waals surface area contributed by atoms with Crippen LogP contribution >= 0.6 is 50.7 Å². The van der Waals surface area contributed by atoms with Gasteiger partial charge in [0.15, 0.2) is 0 Å². The third kappa shape index (κ3) is 29.3. The number of nitrogen functional groups attached to an aromatic ring is 1. The topological polar surface area (TPSA) is 317 Å². The fourth-order valence-electron chi connectivity index (χ4n) is 17.0. The number of carbonyl (C=O) groups excluding carboxylic acids is 5. The molecule has 3 aliphatic heterocycles. The molecular formula is C102H113BrCl3F9LiN7O19. The molecule has 6 N–H and O–H groups in total. The first-order valence-corrected chi connectivity index (χ1v) is 47.3. The molecule has 3 amide bonds. The van der Waals surface area contributed by atoms with E-state index in [4.69, 9.17) is 97.7 Å². The average Bonchev–Trinajstić information content (AvgIpc) is 1.61. The Kier molecular flexibility index (Phi) is 40.8. The van der Waals surface area contributed by atoms with Crippen molar-refractivity contribution in [1.82, 2.24) is 4.90 Å². The van der Waals surface area contributed by atoms with Crippen LogP contribution in [-0.4, -0.2) is 164 Å². The second kappa shape index (κ2) is 50.7. The molecule has 0 bridgehead atoms. The molecule has 0 radical (unpaired) electrons. The third-order valence-electron chi connectivity index (χ3n) is 24.3. The molecule has 9 aromatic carbocycles. The number of alkyl halides is 10. The number of ether oxygens (including phenoxy) is 11. The van der Waals surface area contributed by atoms with Gasteiger partial charge in [0.25, 0.3) is 11.8 Å². The molecule has 3 fully saturated rings. The number of amides is 3. The normalized spacial score (nSPS) is 17.4. The smallest absolute Gasteiger partial charge is 0.870 e. The van der Waals surface area contributed by atoms with Crippen LogP contribution in [0.25, 0.3) is 0 Å². The number of carboxylic acid groups (broad SMARTS) is 1. The predicted octanol–water partition coefficient (Wildman–Crippen LogP) is 19.5. The molecule has 0 spiro atoms. The van der Waals surface area contributed by atoms with Gasteiger partial charge in [-0.3, -0.25) is 33.7 Å². The summed E-state index contributed by atoms with van der Waals surface area (Å²) in [7, 11) is 8.12. The molecule has 15 rings (SSSR count). The Labute approximate surface area is 853 Å². The van der Waals surface area contributed by atoms with Gasteiger partial charge >= 0.3 is 55.3 Å². The number of benzene rings is 9. The SMILES string of the molecule is CCN(C(C)C)C(C)C.CCOC(=O)C1CC(Oc2cc(N)cc(OC)c2)C1.CCOC(=O)C1CC(Oc2cc(NC(C(=O)N3CCc4cc(OC)c(C(F)(F)F)cc43)c3ccc(Cl)cc3)cc(OC)c2)C1.COc1cc(NC(C(=O)N2CCc3cc(OC)c(C(F)(F)F)cc32)c2ccc(Cl)cc2)cc(OC2CC(C(=O)O)C2)c1.COc1cc2c(cc1C(F)(F)F)N(C(=O)C(Br)c1ccc(Cl)cc1)CC2.[Li+].[OH-]. The number of nitrogens with two attached hydrogens (primary N) is 1. The number of nitrogens with zero attached hydrogens (tertiary/aromatic N) is 4. The molecule has 6 aliphatic rings. The van der Waals surface area contributed by atoms with Crippen LogP contribution in [0.1, 0.15) is 154 Å². The van der Waals surface area contributed by atoms with Crippen molar-refractivity contribution in [2.45, 2.75) is 172 Å². The van der Waals surface area contributed by atoms with Gasteiger partial charge in [0.2, 0.25) is 5.91 Å². The van der Waals surface area contributed by atoms with Crippen molar-refractivity contribution in [1.29, 1.82) is 0 Å². The first-order valence-electron chi connectivity index (χ1n) is 45.3. The van der Waals surface area contributed by atoms with E-state index in [2.05, 4.69) is 66.1 Å². The minimum Gasteiger partial charge on any atom is -0.870 e. The van der Waals surface area contributed by atoms with Crippen molar-refractivity contribution in [3.63, 3.8) is 0 Å². The van der Waals surface area contributed by atoms with Gasteiger partial charge in [-0.05, 0) is 212 Å². The first kappa shape index (κ1) is 114. The maximum absolute atomic E-state index is 14.2. The summed E-state index contributed by atoms with van der Waals surface area (Å²) in [4.78, 5) is 81.6. The van der Waals surface area contributed by atoms with E-state index in [1.54, 1.807) is 141 Å². The molecule has 0 saturated heterocycles. The van der Waals surface area contributed by atoms with Crippen molar-refractivity contribution in [3.8, 4) is 51.7 Å². The zero-order chi connectivity index (χ0) is 102. The minimum atomic E-state index is -4.67. The number of nitrogens with one attached hydrogen (secondary N) is 2. The first-order chi connectivity index (χ1) is 66.4. The number of rotatable bonds is 30. The van der Waals surface area contributed by atoms with Gasteiger partial charge in [-0.1, -0.05) is 94.1 Å². The van der Waals surface area contributed by atoms with Crippen molar-refractivity contribution >= 4 is 120 Å². The molecule has 762 valence electrons. The summed E-state index contributed by atoms with van der Waals surface area (Å²) >= 11 is 21.4. The van der Waals surface area contributed by atoms with Gasteiger partial charge in [0.05, 0.1) is 90.3 Å². The number of halogens is 13. The molecule has 40 heteroatoms. The van der Waals surface area contributed by atoms with Crippen LogP contribution in [0.5, 0.6) is 51.7 Å². The summed E-state index contributed by atoms with van der Waals surface area (Å²) in [5.74, 6) is -0.904. The average molecular weight is 2110 g/mol. The van der Waals surface area contributed by atoms with E-state index in [9.17, 15) is 68.3 Å². The quantitative estimate of drug-likeness (QED) is 0.0107. The third-order valence-corrected chi connectivity index (χ3v) is 26.0. The largest absolute Gasteiger partial charge is 1.00 e. The molecular weight excluding hydrogens is 1990 g/mol. The second-order valence-electron chi connectivity index (χ2n) is 34.2. The minimum absolute atomic E-state index is 0. The Morgan fingerprint density at radius 2 is 0.718 bits per heavy atom. The zero-order valence-corrected chi connectivity index (χ0v) is 84.5. The molecule has 3 saturated carbocycles. The number of esters is 2. The Morgan fingerprint density at radius 3 is 1.00 bits per heavy atom. The van der Waals surface area contributed by atoms with Crippen LogP contribution < -0.4 is 92.6 Å². The monoisotopic (exact) mass is 2100 g/mol. The van der Waals surface area contributed by atoms with E-state index >= 15 is 0 Å². The fourth-order valence-corrected chi connectivity index (χ4v) is 17.9. The van der Waals surface area contributed by atoms with Crippen molar-refractivity contribution in [2.75, 3.05) is 113 Å². The summed E-state index contributed by atoms with van der Waals surface area (Å²) in [5, 5.41) is 17.1. The Balaban J connectivity index is 0.000000212. The summed E-state index contributed by atoms with van der Waals surface area (Å²) < 4.78 is 182. The fraction of sp³-hybridized carbons (Fsp3) is 0.412.